The lowest BCUT2D eigenvalue weighted by Gasteiger charge is -2.36. The summed E-state index contributed by atoms with van der Waals surface area (Å²) in [4.78, 5) is 39.5. The maximum atomic E-state index is 12.1. The molecule has 1 atom stereocenters. The third-order valence-corrected chi connectivity index (χ3v) is 4.98. The number of nitrogens with zero attached hydrogens (tertiary/aromatic N) is 2. The van der Waals surface area contributed by atoms with E-state index in [0.29, 0.717) is 19.6 Å². The monoisotopic (exact) mass is 389 g/mol. The Morgan fingerprint density at radius 1 is 1.07 bits per heavy atom. The summed E-state index contributed by atoms with van der Waals surface area (Å²) in [6.45, 7) is 8.48. The number of piperazine rings is 1. The second-order valence-corrected chi connectivity index (χ2v) is 7.39. The van der Waals surface area contributed by atoms with E-state index in [2.05, 4.69) is 15.5 Å². The third-order valence-electron chi connectivity index (χ3n) is 4.98. The smallest absolute Gasteiger partial charge is 0.239 e. The van der Waals surface area contributed by atoms with Gasteiger partial charge in [-0.05, 0) is 17.5 Å². The van der Waals surface area contributed by atoms with Crippen molar-refractivity contribution in [3.63, 3.8) is 0 Å². The molecule has 1 aromatic rings. The molecule has 2 rings (SSSR count). The van der Waals surface area contributed by atoms with E-state index in [9.17, 15) is 14.4 Å². The molecule has 1 aliphatic rings. The number of hydrogen-bond acceptors (Lipinski definition) is 5. The summed E-state index contributed by atoms with van der Waals surface area (Å²) in [6.07, 6.45) is 0. The molecule has 0 spiro atoms. The van der Waals surface area contributed by atoms with Gasteiger partial charge in [0.1, 0.15) is 0 Å². The van der Waals surface area contributed by atoms with Gasteiger partial charge in [-0.2, -0.15) is 0 Å². The zero-order chi connectivity index (χ0) is 20.7. The summed E-state index contributed by atoms with van der Waals surface area (Å²) in [6, 6.07) is 7.27. The number of para-hydroxylation sites is 1. The van der Waals surface area contributed by atoms with E-state index in [1.165, 1.54) is 0 Å². The molecule has 0 aromatic heterocycles. The van der Waals surface area contributed by atoms with Gasteiger partial charge in [-0.1, -0.05) is 32.0 Å². The van der Waals surface area contributed by atoms with Crippen LogP contribution in [0.2, 0.25) is 0 Å². The van der Waals surface area contributed by atoms with Gasteiger partial charge in [-0.3, -0.25) is 14.4 Å². The Morgan fingerprint density at radius 2 is 1.71 bits per heavy atom. The lowest BCUT2D eigenvalue weighted by atomic mass is 10.1. The number of nitrogens with two attached hydrogens (primary N) is 1. The Hall–Kier alpha value is -2.61. The summed E-state index contributed by atoms with van der Waals surface area (Å²) in [5.74, 6) is -0.479. The van der Waals surface area contributed by atoms with E-state index in [1.807, 2.05) is 43.0 Å². The highest BCUT2D eigenvalue weighted by Gasteiger charge is 2.21. The second-order valence-electron chi connectivity index (χ2n) is 7.39. The zero-order valence-corrected chi connectivity index (χ0v) is 16.9. The van der Waals surface area contributed by atoms with Gasteiger partial charge in [0, 0.05) is 45.3 Å². The van der Waals surface area contributed by atoms with Gasteiger partial charge < -0.3 is 26.2 Å². The van der Waals surface area contributed by atoms with Crippen molar-refractivity contribution in [3.05, 3.63) is 29.8 Å². The van der Waals surface area contributed by atoms with Crippen molar-refractivity contribution in [2.75, 3.05) is 37.6 Å². The second kappa shape index (κ2) is 10.1. The summed E-state index contributed by atoms with van der Waals surface area (Å²) < 4.78 is 0. The summed E-state index contributed by atoms with van der Waals surface area (Å²) in [5, 5.41) is 5.41. The molecule has 1 aromatic carbocycles. The van der Waals surface area contributed by atoms with Gasteiger partial charge in [-0.15, -0.1) is 0 Å². The normalized spacial score (nSPS) is 15.3. The molecule has 1 aliphatic heterocycles. The van der Waals surface area contributed by atoms with Crippen LogP contribution < -0.4 is 21.3 Å². The van der Waals surface area contributed by atoms with Crippen molar-refractivity contribution in [3.8, 4) is 0 Å². The quantitative estimate of drug-likeness (QED) is 0.612. The van der Waals surface area contributed by atoms with Crippen LogP contribution >= 0.6 is 0 Å². The van der Waals surface area contributed by atoms with E-state index >= 15 is 0 Å². The van der Waals surface area contributed by atoms with Crippen LogP contribution in [0, 0.1) is 5.92 Å². The fourth-order valence-electron chi connectivity index (χ4n) is 3.08. The number of benzene rings is 1. The molecule has 0 unspecified atom stereocenters. The molecule has 4 N–H and O–H groups in total. The largest absolute Gasteiger partial charge is 0.368 e. The maximum absolute atomic E-state index is 12.1. The molecule has 0 radical (unpaired) electrons. The number of amides is 3. The first kappa shape index (κ1) is 21.7. The molecule has 1 fully saturated rings. The average molecular weight is 390 g/mol. The Balaban J connectivity index is 1.87. The molecule has 1 saturated heterocycles. The van der Waals surface area contributed by atoms with Crippen LogP contribution in [0.4, 0.5) is 5.69 Å². The lowest BCUT2D eigenvalue weighted by Crippen LogP contribution is -2.48. The number of carbonyl (C=O) groups is 3. The summed E-state index contributed by atoms with van der Waals surface area (Å²) >= 11 is 0. The number of rotatable bonds is 7. The average Bonchev–Trinajstić information content (AvgIpc) is 2.70. The first-order valence-electron chi connectivity index (χ1n) is 9.68. The fourth-order valence-corrected chi connectivity index (χ4v) is 3.08. The predicted octanol–water partition coefficient (Wildman–Crippen LogP) is 0.0708. The van der Waals surface area contributed by atoms with Crippen molar-refractivity contribution < 1.29 is 14.4 Å². The van der Waals surface area contributed by atoms with Gasteiger partial charge in [0.25, 0.3) is 0 Å². The molecule has 28 heavy (non-hydrogen) atoms. The van der Waals surface area contributed by atoms with Crippen molar-refractivity contribution in [2.45, 2.75) is 33.4 Å². The minimum atomic E-state index is -0.623. The molecule has 8 heteroatoms. The maximum Gasteiger partial charge on any atom is 0.239 e. The lowest BCUT2D eigenvalue weighted by molar-refractivity contribution is -0.129. The highest BCUT2D eigenvalue weighted by Crippen LogP contribution is 2.21. The molecule has 1 heterocycles. The van der Waals surface area contributed by atoms with E-state index in [0.717, 1.165) is 24.3 Å². The van der Waals surface area contributed by atoms with Gasteiger partial charge in [0.15, 0.2) is 0 Å². The first-order valence-corrected chi connectivity index (χ1v) is 9.68. The topological polar surface area (TPSA) is 108 Å². The van der Waals surface area contributed by atoms with Crippen LogP contribution in [0.15, 0.2) is 24.3 Å². The molecular weight excluding hydrogens is 358 g/mol. The van der Waals surface area contributed by atoms with E-state index in [4.69, 9.17) is 5.73 Å². The number of anilines is 1. The Kier molecular flexibility index (Phi) is 7.80. The minimum Gasteiger partial charge on any atom is -0.368 e. The van der Waals surface area contributed by atoms with Crippen LogP contribution in [0.3, 0.4) is 0 Å². The number of carbonyl (C=O) groups excluding carboxylic acids is 3. The highest BCUT2D eigenvalue weighted by atomic mass is 16.2. The molecule has 0 bridgehead atoms. The highest BCUT2D eigenvalue weighted by molar-refractivity contribution is 5.87. The molecule has 154 valence electrons. The predicted molar refractivity (Wildman–Crippen MR) is 109 cm³/mol. The molecular formula is C20H31N5O3. The van der Waals surface area contributed by atoms with Gasteiger partial charge in [-0.25, -0.2) is 0 Å². The Bertz CT molecular complexity index is 699. The third kappa shape index (κ3) is 5.95. The van der Waals surface area contributed by atoms with Crippen molar-refractivity contribution >= 4 is 23.4 Å². The SMILES string of the molecule is CC(=O)N1CCN(c2ccccc2CNC(=O)CNC(=O)[C@@H](N)C(C)C)CC1. The van der Waals surface area contributed by atoms with Crippen LogP contribution in [0.5, 0.6) is 0 Å². The number of hydrogen-bond donors (Lipinski definition) is 3. The molecule has 3 amide bonds. The molecule has 8 nitrogen and oxygen atoms in total. The molecule has 0 aliphatic carbocycles. The van der Waals surface area contributed by atoms with Crippen LogP contribution in [-0.4, -0.2) is 61.4 Å². The zero-order valence-electron chi connectivity index (χ0n) is 16.9. The van der Waals surface area contributed by atoms with Gasteiger partial charge in [0.05, 0.1) is 12.6 Å². The fraction of sp³-hybridized carbons (Fsp3) is 0.550. The Labute approximate surface area is 166 Å². The summed E-state index contributed by atoms with van der Waals surface area (Å²) in [5.41, 5.74) is 7.82. The van der Waals surface area contributed by atoms with Crippen molar-refractivity contribution in [2.24, 2.45) is 11.7 Å². The minimum absolute atomic E-state index is 0.0124. The molecule has 0 saturated carbocycles. The van der Waals surface area contributed by atoms with Crippen LogP contribution in [0.25, 0.3) is 0 Å². The first-order chi connectivity index (χ1) is 13.3. The standard InChI is InChI=1S/C20H31N5O3/c1-14(2)19(21)20(28)23-13-18(27)22-12-16-6-4-5-7-17(16)25-10-8-24(9-11-25)15(3)26/h4-7,14,19H,8-13,21H2,1-3H3,(H,22,27)(H,23,28)/t19-/m0/s1. The Morgan fingerprint density at radius 3 is 2.32 bits per heavy atom. The number of nitrogens with one attached hydrogen (secondary N) is 2. The van der Waals surface area contributed by atoms with Crippen molar-refractivity contribution in [1.82, 2.24) is 15.5 Å². The van der Waals surface area contributed by atoms with Crippen LogP contribution in [-0.2, 0) is 20.9 Å². The van der Waals surface area contributed by atoms with Crippen LogP contribution in [0.1, 0.15) is 26.3 Å². The van der Waals surface area contributed by atoms with Gasteiger partial charge >= 0.3 is 0 Å². The van der Waals surface area contributed by atoms with Crippen molar-refractivity contribution in [1.29, 1.82) is 0 Å². The van der Waals surface area contributed by atoms with E-state index < -0.39 is 6.04 Å². The summed E-state index contributed by atoms with van der Waals surface area (Å²) in [7, 11) is 0. The van der Waals surface area contributed by atoms with E-state index in [1.54, 1.807) is 6.92 Å². The van der Waals surface area contributed by atoms with E-state index in [-0.39, 0.29) is 30.2 Å². The van der Waals surface area contributed by atoms with Gasteiger partial charge in [0.2, 0.25) is 17.7 Å².